The van der Waals surface area contributed by atoms with Gasteiger partial charge in [-0.05, 0) is 35.2 Å². The largest absolute Gasteiger partial charge is 0.341 e. The average Bonchev–Trinajstić information content (AvgIpc) is 3.17. The van der Waals surface area contributed by atoms with Crippen LogP contribution in [0, 0.1) is 0 Å². The van der Waals surface area contributed by atoms with Crippen LogP contribution in [0.5, 0.6) is 0 Å². The topological polar surface area (TPSA) is 47.8 Å². The fourth-order valence-electron chi connectivity index (χ4n) is 2.46. The van der Waals surface area contributed by atoms with Crippen LogP contribution < -0.4 is 0 Å². The molecule has 0 saturated heterocycles. The number of hydrogen-bond acceptors (Lipinski definition) is 4. The highest BCUT2D eigenvalue weighted by molar-refractivity contribution is 7.11. The Morgan fingerprint density at radius 2 is 1.96 bits per heavy atom. The Bertz CT molecular complexity index is 828. The lowest BCUT2D eigenvalue weighted by atomic mass is 9.96. The molecule has 0 spiro atoms. The quantitative estimate of drug-likeness (QED) is 0.657. The molecule has 0 N–H and O–H groups in total. The molecule has 24 heavy (non-hydrogen) atoms. The number of nitrogens with zero attached hydrogens (tertiary/aromatic N) is 3. The van der Waals surface area contributed by atoms with Gasteiger partial charge in [-0.15, -0.1) is 11.3 Å². The molecule has 3 aromatic heterocycles. The maximum Gasteiger partial charge on any atom is 0.186 e. The number of thiazole rings is 1. The van der Waals surface area contributed by atoms with Crippen LogP contribution in [0.25, 0.3) is 0 Å². The van der Waals surface area contributed by atoms with Gasteiger partial charge >= 0.3 is 0 Å². The number of rotatable bonds is 5. The molecule has 5 heteroatoms. The second kappa shape index (κ2) is 6.69. The van der Waals surface area contributed by atoms with E-state index in [0.717, 1.165) is 16.3 Å². The third-order valence-electron chi connectivity index (χ3n) is 3.82. The fourth-order valence-corrected chi connectivity index (χ4v) is 3.43. The van der Waals surface area contributed by atoms with Crippen LogP contribution in [-0.2, 0) is 18.4 Å². The molecule has 3 heterocycles. The summed E-state index contributed by atoms with van der Waals surface area (Å²) in [5, 5.41) is 0.876. The van der Waals surface area contributed by atoms with Crippen molar-refractivity contribution in [2.45, 2.75) is 39.2 Å². The molecule has 0 aromatic carbocycles. The van der Waals surface area contributed by atoms with E-state index in [4.69, 9.17) is 0 Å². The van der Waals surface area contributed by atoms with Crippen molar-refractivity contribution in [1.29, 1.82) is 0 Å². The van der Waals surface area contributed by atoms with Crippen molar-refractivity contribution in [1.82, 2.24) is 14.5 Å². The molecule has 0 aliphatic rings. The van der Waals surface area contributed by atoms with E-state index in [9.17, 15) is 4.79 Å². The third-order valence-corrected chi connectivity index (χ3v) is 5.25. The molecule has 124 valence electrons. The third kappa shape index (κ3) is 3.79. The lowest BCUT2D eigenvalue weighted by Crippen LogP contribution is -2.11. The van der Waals surface area contributed by atoms with Gasteiger partial charge in [0.05, 0.1) is 12.1 Å². The minimum atomic E-state index is 0.0700. The van der Waals surface area contributed by atoms with Gasteiger partial charge in [0.2, 0.25) is 0 Å². The van der Waals surface area contributed by atoms with E-state index in [1.807, 2.05) is 41.2 Å². The molecular weight excluding hydrogens is 318 g/mol. The number of hydrogen-bond donors (Lipinski definition) is 0. The van der Waals surface area contributed by atoms with Gasteiger partial charge in [-0.2, -0.15) is 0 Å². The molecule has 0 aliphatic heterocycles. The smallest absolute Gasteiger partial charge is 0.186 e. The van der Waals surface area contributed by atoms with Gasteiger partial charge in [-0.3, -0.25) is 9.78 Å². The first-order chi connectivity index (χ1) is 11.4. The van der Waals surface area contributed by atoms with E-state index >= 15 is 0 Å². The van der Waals surface area contributed by atoms with Gasteiger partial charge in [-0.25, -0.2) is 4.98 Å². The summed E-state index contributed by atoms with van der Waals surface area (Å²) in [5.41, 5.74) is 1.92. The number of carbonyl (C=O) groups is 1. The van der Waals surface area contributed by atoms with Crippen molar-refractivity contribution in [2.24, 2.45) is 0 Å². The summed E-state index contributed by atoms with van der Waals surface area (Å²) >= 11 is 1.63. The van der Waals surface area contributed by atoms with E-state index in [0.29, 0.717) is 13.0 Å². The minimum Gasteiger partial charge on any atom is -0.341 e. The molecule has 3 rings (SSSR count). The van der Waals surface area contributed by atoms with E-state index in [2.05, 4.69) is 30.7 Å². The summed E-state index contributed by atoms with van der Waals surface area (Å²) in [6, 6.07) is 7.72. The minimum absolute atomic E-state index is 0.0700. The lowest BCUT2D eigenvalue weighted by Gasteiger charge is -2.14. The van der Waals surface area contributed by atoms with Crippen LogP contribution in [0.2, 0.25) is 0 Å². The van der Waals surface area contributed by atoms with Crippen molar-refractivity contribution in [3.8, 4) is 0 Å². The van der Waals surface area contributed by atoms with Crippen LogP contribution in [0.4, 0.5) is 0 Å². The van der Waals surface area contributed by atoms with Crippen LogP contribution in [0.3, 0.4) is 0 Å². The van der Waals surface area contributed by atoms with Crippen molar-refractivity contribution < 1.29 is 4.79 Å². The van der Waals surface area contributed by atoms with Crippen LogP contribution in [0.1, 0.15) is 46.7 Å². The highest BCUT2D eigenvalue weighted by Gasteiger charge is 2.19. The molecule has 0 fully saturated rings. The Labute approximate surface area is 146 Å². The second-order valence-corrected chi connectivity index (χ2v) is 7.96. The van der Waals surface area contributed by atoms with Gasteiger partial charge in [-0.1, -0.05) is 20.8 Å². The summed E-state index contributed by atoms with van der Waals surface area (Å²) in [5.74, 6) is 0.101. The molecule has 0 aliphatic carbocycles. The predicted octanol–water partition coefficient (Wildman–Crippen LogP) is 4.11. The zero-order valence-corrected chi connectivity index (χ0v) is 15.0. The second-order valence-electron chi connectivity index (χ2n) is 6.84. The van der Waals surface area contributed by atoms with Gasteiger partial charge in [0.25, 0.3) is 0 Å². The predicted molar refractivity (Wildman–Crippen MR) is 96.6 cm³/mol. The molecule has 3 aromatic rings. The molecule has 0 atom stereocenters. The molecule has 0 radical (unpaired) electrons. The van der Waals surface area contributed by atoms with Crippen LogP contribution in [0.15, 0.2) is 49.1 Å². The van der Waals surface area contributed by atoms with Crippen molar-refractivity contribution in [3.05, 3.63) is 70.2 Å². The zero-order chi connectivity index (χ0) is 17.2. The van der Waals surface area contributed by atoms with E-state index in [1.54, 1.807) is 23.7 Å². The number of Topliss-reactive ketones (excluding diaryl/α,β-unsaturated/α-hetero) is 1. The normalized spacial score (nSPS) is 11.6. The summed E-state index contributed by atoms with van der Waals surface area (Å²) < 4.78 is 1.98. The summed E-state index contributed by atoms with van der Waals surface area (Å²) in [6.45, 7) is 7.14. The Morgan fingerprint density at radius 3 is 2.62 bits per heavy atom. The molecule has 0 unspecified atom stereocenters. The number of ketones is 1. The maximum absolute atomic E-state index is 12.7. The SMILES string of the molecule is CC(C)(C)c1cnc(CC(=O)c2cccn2Cc2ccncc2)s1. The van der Waals surface area contributed by atoms with Gasteiger partial charge in [0, 0.05) is 36.2 Å². The summed E-state index contributed by atoms with van der Waals surface area (Å²) in [6.07, 6.45) is 7.72. The number of aromatic nitrogens is 3. The molecular formula is C19H21N3OS. The number of carbonyl (C=O) groups excluding carboxylic acids is 1. The molecule has 0 saturated carbocycles. The van der Waals surface area contributed by atoms with Crippen LogP contribution >= 0.6 is 11.3 Å². The van der Waals surface area contributed by atoms with Crippen molar-refractivity contribution >= 4 is 17.1 Å². The first-order valence-corrected chi connectivity index (χ1v) is 8.77. The molecule has 4 nitrogen and oxygen atoms in total. The van der Waals surface area contributed by atoms with E-state index < -0.39 is 0 Å². The van der Waals surface area contributed by atoms with Crippen molar-refractivity contribution in [3.63, 3.8) is 0 Å². The Kier molecular flexibility index (Phi) is 4.62. The Hall–Kier alpha value is -2.27. The Morgan fingerprint density at radius 1 is 1.21 bits per heavy atom. The number of pyridine rings is 1. The molecule has 0 amide bonds. The van der Waals surface area contributed by atoms with Gasteiger partial charge in [0.1, 0.15) is 5.01 Å². The zero-order valence-electron chi connectivity index (χ0n) is 14.2. The first kappa shape index (κ1) is 16.6. The van der Waals surface area contributed by atoms with E-state index in [-0.39, 0.29) is 11.2 Å². The Balaban J connectivity index is 1.74. The molecule has 0 bridgehead atoms. The van der Waals surface area contributed by atoms with Gasteiger partial charge in [0.15, 0.2) is 5.78 Å². The summed E-state index contributed by atoms with van der Waals surface area (Å²) in [7, 11) is 0. The monoisotopic (exact) mass is 339 g/mol. The summed E-state index contributed by atoms with van der Waals surface area (Å²) in [4.78, 5) is 22.3. The highest BCUT2D eigenvalue weighted by Crippen LogP contribution is 2.28. The first-order valence-electron chi connectivity index (χ1n) is 7.96. The fraction of sp³-hybridized carbons (Fsp3) is 0.316. The lowest BCUT2D eigenvalue weighted by molar-refractivity contribution is 0.0984. The average molecular weight is 339 g/mol. The highest BCUT2D eigenvalue weighted by atomic mass is 32.1. The van der Waals surface area contributed by atoms with E-state index in [1.165, 1.54) is 4.88 Å². The van der Waals surface area contributed by atoms with Crippen molar-refractivity contribution in [2.75, 3.05) is 0 Å². The standard InChI is InChI=1S/C19H21N3OS/c1-19(2,3)17-12-21-18(24-17)11-16(23)15-5-4-10-22(15)13-14-6-8-20-9-7-14/h4-10,12H,11,13H2,1-3H3. The van der Waals surface area contributed by atoms with Crippen LogP contribution in [-0.4, -0.2) is 20.3 Å². The maximum atomic E-state index is 12.7. The van der Waals surface area contributed by atoms with Gasteiger partial charge < -0.3 is 4.57 Å².